The third-order valence-corrected chi connectivity index (χ3v) is 10.7. The zero-order valence-electron chi connectivity index (χ0n) is 29.5. The minimum Gasteiger partial charge on any atom is -0.485 e. The lowest BCUT2D eigenvalue weighted by atomic mass is 9.84. The number of thiazole rings is 1. The molecule has 2 amide bonds. The smallest absolute Gasteiger partial charge is 0.418 e. The van der Waals surface area contributed by atoms with Crippen LogP contribution in [0.4, 0.5) is 5.13 Å². The number of hydroxylamine groups is 2. The molecule has 2 fully saturated rings. The summed E-state index contributed by atoms with van der Waals surface area (Å²) >= 11 is 0.965. The van der Waals surface area contributed by atoms with Gasteiger partial charge in [0.2, 0.25) is 6.20 Å². The number of aryl methyl sites for hydroxylation is 1. The fourth-order valence-electron chi connectivity index (χ4n) is 6.35. The molecule has 292 valence electrons. The Kier molecular flexibility index (Phi) is 10.7. The van der Waals surface area contributed by atoms with E-state index in [9.17, 15) is 33.0 Å². The van der Waals surface area contributed by atoms with Crippen LogP contribution in [0.25, 0.3) is 11.1 Å². The van der Waals surface area contributed by atoms with Crippen molar-refractivity contribution in [1.29, 1.82) is 0 Å². The minimum atomic E-state index is -5.04. The third kappa shape index (κ3) is 7.90. The predicted molar refractivity (Wildman–Crippen MR) is 190 cm³/mol. The van der Waals surface area contributed by atoms with Gasteiger partial charge in [-0.05, 0) is 56.9 Å². The lowest BCUT2D eigenvalue weighted by Crippen LogP contribution is -2.76. The van der Waals surface area contributed by atoms with Gasteiger partial charge in [-0.3, -0.25) is 14.1 Å². The molecule has 54 heavy (non-hydrogen) atoms. The Labute approximate surface area is 313 Å². The van der Waals surface area contributed by atoms with Crippen molar-refractivity contribution < 1.29 is 56.1 Å². The number of benzene rings is 1. The van der Waals surface area contributed by atoms with Gasteiger partial charge in [0.15, 0.2) is 23.5 Å². The molecule has 20 nitrogen and oxygen atoms in total. The molecule has 0 radical (unpaired) electrons. The molecule has 3 aromatic rings. The molecule has 0 saturated carbocycles. The zero-order valence-corrected chi connectivity index (χ0v) is 31.2. The van der Waals surface area contributed by atoms with E-state index in [1.54, 1.807) is 6.07 Å². The van der Waals surface area contributed by atoms with E-state index in [0.29, 0.717) is 29.7 Å². The number of rotatable bonds is 15. The summed E-state index contributed by atoms with van der Waals surface area (Å²) in [5, 5.41) is 32.1. The molecular formula is C32H42N9O11S2+. The van der Waals surface area contributed by atoms with Gasteiger partial charge in [0.05, 0.1) is 23.4 Å². The molecule has 22 heteroatoms. The maximum atomic E-state index is 13.5. The van der Waals surface area contributed by atoms with Crippen LogP contribution in [-0.4, -0.2) is 110 Å². The van der Waals surface area contributed by atoms with Gasteiger partial charge in [-0.15, -0.1) is 20.3 Å². The van der Waals surface area contributed by atoms with Gasteiger partial charge in [-0.25, -0.2) is 9.78 Å². The maximum absolute atomic E-state index is 13.5. The Bertz CT molecular complexity index is 2060. The molecule has 0 spiro atoms. The molecule has 9 N–H and O–H groups in total. The van der Waals surface area contributed by atoms with Crippen molar-refractivity contribution in [2.45, 2.75) is 76.1 Å². The standard InChI is InChI=1S/C32H41N9O11S2/c1-31(2)26(28(44)41(31)52-54(47,48)49)37-27(43)25(22-16-53-30(34)36-22)38-51-32(3,29(45)46)24-7-5-19-8-18(4-6-23(19)50-24)20-13-39(12-17-10-35-11-17)40(14-20)15-21(42)9-33/h4,6,8,13-14,16-17,21,24,26,35,42H,5,7,9-12,15,33H2,1-3H3,(H4-,34,36,37,43,45,46,47,48,49)/p+1/b38-25-/t21-,24?,26?,32?/m0/s1. The number of hydrogen-bond acceptors (Lipinski definition) is 15. The number of carboxylic acid groups (broad SMARTS) is 1. The van der Waals surface area contributed by atoms with Gasteiger partial charge >= 0.3 is 16.4 Å². The van der Waals surface area contributed by atoms with E-state index in [1.165, 1.54) is 26.2 Å². The maximum Gasteiger partial charge on any atom is 0.418 e. The number of hydrogen-bond donors (Lipinski definition) is 7. The van der Waals surface area contributed by atoms with Crippen LogP contribution in [0.1, 0.15) is 38.4 Å². The van der Waals surface area contributed by atoms with Crippen LogP contribution >= 0.6 is 11.3 Å². The molecule has 4 atom stereocenters. The highest BCUT2D eigenvalue weighted by Gasteiger charge is 2.58. The Morgan fingerprint density at radius 3 is 2.65 bits per heavy atom. The average Bonchev–Trinajstić information content (AvgIpc) is 3.71. The number of oxime groups is 1. The molecule has 3 aliphatic rings. The Morgan fingerprint density at radius 1 is 1.31 bits per heavy atom. The molecule has 2 aromatic heterocycles. The first-order chi connectivity index (χ1) is 25.4. The van der Waals surface area contributed by atoms with E-state index >= 15 is 0 Å². The number of aromatic nitrogens is 3. The monoisotopic (exact) mass is 792 g/mol. The lowest BCUT2D eigenvalue weighted by Gasteiger charge is -2.50. The summed E-state index contributed by atoms with van der Waals surface area (Å²) in [5.41, 5.74) is 9.95. The Morgan fingerprint density at radius 2 is 2.06 bits per heavy atom. The van der Waals surface area contributed by atoms with Crippen LogP contribution in [0.2, 0.25) is 0 Å². The second kappa shape index (κ2) is 14.8. The van der Waals surface area contributed by atoms with Crippen LogP contribution < -0.4 is 31.5 Å². The van der Waals surface area contributed by atoms with Crippen molar-refractivity contribution in [3.8, 4) is 16.9 Å². The molecule has 0 aliphatic carbocycles. The molecular weight excluding hydrogens is 751 g/mol. The first-order valence-electron chi connectivity index (χ1n) is 16.9. The molecule has 6 rings (SSSR count). The number of carbonyl (C=O) groups excluding carboxylic acids is 2. The fraction of sp³-hybridized carbons (Fsp3) is 0.500. The Balaban J connectivity index is 1.21. The van der Waals surface area contributed by atoms with Crippen LogP contribution in [0.15, 0.2) is 41.1 Å². The number of nitrogens with two attached hydrogens (primary N) is 2. The first-order valence-corrected chi connectivity index (χ1v) is 19.2. The number of nitrogens with one attached hydrogen (secondary N) is 2. The molecule has 3 aliphatic heterocycles. The Hall–Kier alpha value is -4.71. The van der Waals surface area contributed by atoms with E-state index in [2.05, 4.69) is 29.7 Å². The van der Waals surface area contributed by atoms with Crippen molar-refractivity contribution in [3.05, 3.63) is 47.2 Å². The number of carbonyl (C=O) groups is 3. The normalized spacial score (nSPS) is 21.6. The summed E-state index contributed by atoms with van der Waals surface area (Å²) in [7, 11) is -5.04. The van der Waals surface area contributed by atoms with Gasteiger partial charge in [-0.1, -0.05) is 11.2 Å². The van der Waals surface area contributed by atoms with E-state index in [0.717, 1.165) is 47.7 Å². The van der Waals surface area contributed by atoms with Crippen molar-refractivity contribution in [3.63, 3.8) is 0 Å². The number of amides is 2. The van der Waals surface area contributed by atoms with Crippen LogP contribution in [0.5, 0.6) is 5.75 Å². The highest BCUT2D eigenvalue weighted by Crippen LogP contribution is 2.37. The number of aliphatic hydroxyl groups is 1. The van der Waals surface area contributed by atoms with Gasteiger partial charge in [0.25, 0.3) is 17.4 Å². The predicted octanol–water partition coefficient (Wildman–Crippen LogP) is -1.18. The van der Waals surface area contributed by atoms with Gasteiger partial charge in [-0.2, -0.15) is 18.2 Å². The molecule has 0 bridgehead atoms. The minimum absolute atomic E-state index is 0.0565. The van der Waals surface area contributed by atoms with Gasteiger partial charge < -0.3 is 41.9 Å². The number of carboxylic acids is 1. The number of anilines is 1. The second-order valence-corrected chi connectivity index (χ2v) is 15.9. The average molecular weight is 793 g/mol. The van der Waals surface area contributed by atoms with E-state index in [-0.39, 0.29) is 23.8 Å². The number of ether oxygens (including phenoxy) is 1. The summed E-state index contributed by atoms with van der Waals surface area (Å²) in [5.74, 6) is -2.54. The molecule has 1 aromatic carbocycles. The zero-order chi connectivity index (χ0) is 39.2. The van der Waals surface area contributed by atoms with E-state index in [4.69, 9.17) is 25.6 Å². The number of β-lactam (4-membered cyclic amide) rings is 1. The van der Waals surface area contributed by atoms with Crippen molar-refractivity contribution in [2.75, 3.05) is 25.4 Å². The van der Waals surface area contributed by atoms with Crippen molar-refractivity contribution in [2.24, 2.45) is 16.8 Å². The number of nitrogens with zero attached hydrogens (tertiary/aromatic N) is 5. The highest BCUT2D eigenvalue weighted by atomic mass is 32.3. The highest BCUT2D eigenvalue weighted by molar-refractivity contribution is 7.80. The van der Waals surface area contributed by atoms with Crippen LogP contribution in [0.3, 0.4) is 0 Å². The summed E-state index contributed by atoms with van der Waals surface area (Å²) in [6, 6.07) is 4.23. The number of fused-ring (bicyclic) bond motifs is 1. The lowest BCUT2D eigenvalue weighted by molar-refractivity contribution is -0.781. The van der Waals surface area contributed by atoms with Crippen molar-refractivity contribution in [1.82, 2.24) is 25.4 Å². The van der Waals surface area contributed by atoms with Crippen LogP contribution in [0, 0.1) is 5.92 Å². The third-order valence-electron chi connectivity index (χ3n) is 9.69. The SMILES string of the molecule is CC(O/N=C(\C(=O)NC1C(=O)N(OS(=O)(=O)O)C1(C)C)c1csc(N)n1)(C(=O)O)C1CCc2cc(-c3cn(C[C@@H](O)CN)[n+](CC4CNC4)c3)ccc2O1. The molecule has 2 saturated heterocycles. The quantitative estimate of drug-likeness (QED) is 0.0314. The topological polar surface area (TPSA) is 287 Å². The van der Waals surface area contributed by atoms with E-state index < -0.39 is 63.3 Å². The number of nitrogen functional groups attached to an aromatic ring is 1. The molecule has 5 heterocycles. The van der Waals surface area contributed by atoms with Gasteiger partial charge in [0.1, 0.15) is 24.0 Å². The second-order valence-electron chi connectivity index (χ2n) is 14.0. The van der Waals surface area contributed by atoms with E-state index in [1.807, 2.05) is 29.2 Å². The fourth-order valence-corrected chi connectivity index (χ4v) is 7.35. The summed E-state index contributed by atoms with van der Waals surface area (Å²) in [4.78, 5) is 48.7. The van der Waals surface area contributed by atoms with Gasteiger partial charge in [0, 0.05) is 30.9 Å². The summed E-state index contributed by atoms with van der Waals surface area (Å²) in [6.45, 7) is 7.07. The summed E-state index contributed by atoms with van der Waals surface area (Å²) in [6.07, 6.45) is 2.83. The molecule has 3 unspecified atom stereocenters. The van der Waals surface area contributed by atoms with Crippen LogP contribution in [-0.2, 0) is 53.4 Å². The number of aliphatic hydroxyl groups excluding tert-OH is 1. The number of aliphatic carboxylic acids is 1. The largest absolute Gasteiger partial charge is 0.485 e. The first kappa shape index (κ1) is 39.0. The van der Waals surface area contributed by atoms with Crippen molar-refractivity contribution >= 4 is 50.4 Å². The summed E-state index contributed by atoms with van der Waals surface area (Å²) < 4.78 is 46.0.